The number of hydrogen-bond acceptors (Lipinski definition) is 3. The lowest BCUT2D eigenvalue weighted by Gasteiger charge is -2.29. The molecule has 2 aliphatic carbocycles. The molecule has 0 N–H and O–H groups in total. The third-order valence-electron chi connectivity index (χ3n) is 8.48. The van der Waals surface area contributed by atoms with Gasteiger partial charge in [-0.15, -0.1) is 0 Å². The molecule has 3 nitrogen and oxygen atoms in total. The second-order valence-electron chi connectivity index (χ2n) is 11.5. The highest BCUT2D eigenvalue weighted by atomic mass is 16.5. The van der Waals surface area contributed by atoms with E-state index in [1.54, 1.807) is 6.26 Å². The minimum Gasteiger partial charge on any atom is -0.496 e. The lowest BCUT2D eigenvalue weighted by molar-refractivity contribution is 0.112. The molecule has 43 heavy (non-hydrogen) atoms. The van der Waals surface area contributed by atoms with Crippen LogP contribution >= 0.6 is 0 Å². The average Bonchev–Trinajstić information content (AvgIpc) is 3.04. The Morgan fingerprint density at radius 3 is 2.26 bits per heavy atom. The van der Waals surface area contributed by atoms with Gasteiger partial charge in [0.1, 0.15) is 12.9 Å². The summed E-state index contributed by atoms with van der Waals surface area (Å²) in [6.45, 7) is 4.63. The number of carbonyl (C=O) groups excluding carboxylic acids is 1. The molecule has 2 aliphatic rings. The molecule has 210 valence electrons. The van der Waals surface area contributed by atoms with Crippen LogP contribution in [0.3, 0.4) is 0 Å². The van der Waals surface area contributed by atoms with Crippen molar-refractivity contribution in [3.63, 3.8) is 0 Å². The van der Waals surface area contributed by atoms with Gasteiger partial charge in [-0.2, -0.15) is 0 Å². The SMILES string of the molecule is Cc1ccc(N(c2ccc(C)cc2)c2cc3c4c5c(ccc4c2)C=C(C=COCc2ccccc2C=O)CC5=CC3)cc1. The standard InChI is InChI=1S/C40H33NO2/c1-27-7-15-36(16-8-27)41(37-17-9-28(2)10-18-37)38-23-32-13-11-30-21-29(22-31-12-14-33(24-38)40(32)39(30)31)19-20-43-26-35-6-4-3-5-34(35)25-42/h3-13,15-21,23-25H,14,22,26H2,1-2H3. The largest absolute Gasteiger partial charge is 0.496 e. The van der Waals surface area contributed by atoms with Crippen LogP contribution in [0.15, 0.2) is 121 Å². The van der Waals surface area contributed by atoms with Gasteiger partial charge in [0.2, 0.25) is 0 Å². The number of aldehydes is 1. The molecule has 3 heteroatoms. The van der Waals surface area contributed by atoms with E-state index in [0.29, 0.717) is 12.2 Å². The predicted molar refractivity (Wildman–Crippen MR) is 178 cm³/mol. The first kappa shape index (κ1) is 26.7. The number of rotatable bonds is 8. The maximum atomic E-state index is 11.3. The van der Waals surface area contributed by atoms with Crippen LogP contribution in [0.4, 0.5) is 17.1 Å². The van der Waals surface area contributed by atoms with E-state index < -0.39 is 0 Å². The quantitative estimate of drug-likeness (QED) is 0.140. The molecule has 0 heterocycles. The number of nitrogens with zero attached hydrogens (tertiary/aromatic N) is 1. The molecule has 0 saturated carbocycles. The third-order valence-corrected chi connectivity index (χ3v) is 8.48. The normalized spacial score (nSPS) is 13.5. The van der Waals surface area contributed by atoms with E-state index in [1.807, 2.05) is 24.3 Å². The van der Waals surface area contributed by atoms with Crippen LogP contribution in [0.25, 0.3) is 22.4 Å². The Bertz CT molecular complexity index is 1900. The molecule has 5 aromatic rings. The highest BCUT2D eigenvalue weighted by molar-refractivity contribution is 6.05. The first-order valence-electron chi connectivity index (χ1n) is 14.8. The van der Waals surface area contributed by atoms with Crippen LogP contribution in [0, 0.1) is 13.8 Å². The van der Waals surface area contributed by atoms with Gasteiger partial charge in [-0.05, 0) is 113 Å². The minimum atomic E-state index is 0.372. The summed E-state index contributed by atoms with van der Waals surface area (Å²) in [5.41, 5.74) is 14.1. The summed E-state index contributed by atoms with van der Waals surface area (Å²) in [4.78, 5) is 13.7. The summed E-state index contributed by atoms with van der Waals surface area (Å²) in [7, 11) is 0. The zero-order valence-corrected chi connectivity index (χ0v) is 24.5. The molecule has 5 aromatic carbocycles. The Morgan fingerprint density at radius 2 is 1.53 bits per heavy atom. The molecular formula is C40H33NO2. The molecule has 0 radical (unpaired) electrons. The van der Waals surface area contributed by atoms with Gasteiger partial charge in [0.15, 0.2) is 0 Å². The zero-order valence-electron chi connectivity index (χ0n) is 24.5. The van der Waals surface area contributed by atoms with Crippen molar-refractivity contribution in [1.82, 2.24) is 0 Å². The van der Waals surface area contributed by atoms with Crippen molar-refractivity contribution in [2.45, 2.75) is 33.3 Å². The second kappa shape index (κ2) is 11.3. The summed E-state index contributed by atoms with van der Waals surface area (Å²) in [6.07, 6.45) is 11.1. The molecule has 0 amide bonds. The third kappa shape index (κ3) is 5.19. The van der Waals surface area contributed by atoms with Crippen molar-refractivity contribution in [3.8, 4) is 0 Å². The maximum Gasteiger partial charge on any atom is 0.150 e. The van der Waals surface area contributed by atoms with Crippen LogP contribution in [-0.4, -0.2) is 6.29 Å². The number of carbonyl (C=O) groups is 1. The lowest BCUT2D eigenvalue weighted by atomic mass is 9.79. The fraction of sp³-hybridized carbons (Fsp3) is 0.125. The highest BCUT2D eigenvalue weighted by Crippen LogP contribution is 2.45. The Hall–Kier alpha value is -5.15. The molecule has 0 atom stereocenters. The lowest BCUT2D eigenvalue weighted by Crippen LogP contribution is -2.12. The van der Waals surface area contributed by atoms with Crippen molar-refractivity contribution in [3.05, 3.63) is 160 Å². The molecule has 0 aliphatic heterocycles. The number of aryl methyl sites for hydroxylation is 2. The van der Waals surface area contributed by atoms with Crippen molar-refractivity contribution >= 4 is 45.8 Å². The molecular weight excluding hydrogens is 526 g/mol. The van der Waals surface area contributed by atoms with Crippen LogP contribution in [-0.2, 0) is 17.8 Å². The second-order valence-corrected chi connectivity index (χ2v) is 11.5. The van der Waals surface area contributed by atoms with Gasteiger partial charge < -0.3 is 9.64 Å². The fourth-order valence-corrected chi connectivity index (χ4v) is 6.27. The van der Waals surface area contributed by atoms with E-state index in [9.17, 15) is 4.79 Å². The molecule has 0 unspecified atom stereocenters. The number of ether oxygens (including phenoxy) is 1. The van der Waals surface area contributed by atoms with Gasteiger partial charge >= 0.3 is 0 Å². The van der Waals surface area contributed by atoms with E-state index in [1.165, 1.54) is 55.4 Å². The van der Waals surface area contributed by atoms with Crippen LogP contribution in [0.5, 0.6) is 0 Å². The molecule has 7 rings (SSSR count). The van der Waals surface area contributed by atoms with Crippen molar-refractivity contribution < 1.29 is 9.53 Å². The van der Waals surface area contributed by atoms with Crippen LogP contribution in [0.2, 0.25) is 0 Å². The van der Waals surface area contributed by atoms with E-state index >= 15 is 0 Å². The summed E-state index contributed by atoms with van der Waals surface area (Å²) in [5.74, 6) is 0. The summed E-state index contributed by atoms with van der Waals surface area (Å²) in [6, 6.07) is 34.3. The summed E-state index contributed by atoms with van der Waals surface area (Å²) < 4.78 is 5.82. The zero-order chi connectivity index (χ0) is 29.3. The first-order chi connectivity index (χ1) is 21.1. The van der Waals surface area contributed by atoms with Gasteiger partial charge in [0.05, 0.1) is 6.26 Å². The Labute approximate surface area is 253 Å². The van der Waals surface area contributed by atoms with Crippen LogP contribution in [0.1, 0.15) is 50.2 Å². The van der Waals surface area contributed by atoms with E-state index in [0.717, 1.165) is 36.1 Å². The smallest absolute Gasteiger partial charge is 0.150 e. The fourth-order valence-electron chi connectivity index (χ4n) is 6.27. The molecule has 0 fully saturated rings. The molecule has 0 spiro atoms. The van der Waals surface area contributed by atoms with E-state index in [2.05, 4.69) is 110 Å². The highest BCUT2D eigenvalue weighted by Gasteiger charge is 2.24. The van der Waals surface area contributed by atoms with Crippen LogP contribution < -0.4 is 4.90 Å². The first-order valence-corrected chi connectivity index (χ1v) is 14.8. The average molecular weight is 560 g/mol. The number of anilines is 3. The summed E-state index contributed by atoms with van der Waals surface area (Å²) >= 11 is 0. The Balaban J connectivity index is 1.22. The summed E-state index contributed by atoms with van der Waals surface area (Å²) in [5, 5.41) is 2.64. The maximum absolute atomic E-state index is 11.3. The predicted octanol–water partition coefficient (Wildman–Crippen LogP) is 10.2. The Kier molecular flexibility index (Phi) is 7.00. The molecule has 0 saturated heterocycles. The molecule has 0 aromatic heterocycles. The van der Waals surface area contributed by atoms with Gasteiger partial charge in [-0.1, -0.05) is 83.9 Å². The van der Waals surface area contributed by atoms with Gasteiger partial charge in [-0.25, -0.2) is 0 Å². The minimum absolute atomic E-state index is 0.372. The van der Waals surface area contributed by atoms with Gasteiger partial charge in [-0.3, -0.25) is 4.79 Å². The number of allylic oxidation sites excluding steroid dienone is 4. The Morgan fingerprint density at radius 1 is 0.814 bits per heavy atom. The van der Waals surface area contributed by atoms with Gasteiger partial charge in [0, 0.05) is 22.6 Å². The van der Waals surface area contributed by atoms with Crippen molar-refractivity contribution in [2.75, 3.05) is 4.90 Å². The van der Waals surface area contributed by atoms with Crippen molar-refractivity contribution in [1.29, 1.82) is 0 Å². The van der Waals surface area contributed by atoms with Crippen molar-refractivity contribution in [2.24, 2.45) is 0 Å². The topological polar surface area (TPSA) is 29.5 Å². The number of hydrogen-bond donors (Lipinski definition) is 0. The van der Waals surface area contributed by atoms with E-state index in [4.69, 9.17) is 4.74 Å². The van der Waals surface area contributed by atoms with E-state index in [-0.39, 0.29) is 0 Å². The monoisotopic (exact) mass is 559 g/mol. The van der Waals surface area contributed by atoms with Gasteiger partial charge in [0.25, 0.3) is 0 Å². The number of benzene rings is 5. The molecule has 0 bridgehead atoms.